The second-order valence-electron chi connectivity index (χ2n) is 8.22. The summed E-state index contributed by atoms with van der Waals surface area (Å²) in [5, 5.41) is 11.2. The van der Waals surface area contributed by atoms with E-state index in [4.69, 9.17) is 4.74 Å². The summed E-state index contributed by atoms with van der Waals surface area (Å²) in [6.45, 7) is 5.39. The maximum Gasteiger partial charge on any atom is 0.300 e. The maximum absolute atomic E-state index is 13.8. The lowest BCUT2D eigenvalue weighted by Gasteiger charge is -2.27. The van der Waals surface area contributed by atoms with Gasteiger partial charge in [-0.05, 0) is 73.9 Å². The summed E-state index contributed by atoms with van der Waals surface area (Å²) in [5.74, 6) is -1.89. The highest BCUT2D eigenvalue weighted by atomic mass is 19.1. The highest BCUT2D eigenvalue weighted by Gasteiger charge is 2.48. The number of aryl methyl sites for hydroxylation is 3. The molecule has 1 atom stereocenters. The number of Topliss-reactive ketones (excluding diaryl/α,β-unsaturated/α-hetero) is 1. The number of ether oxygens (including phenoxy) is 1. The second-order valence-corrected chi connectivity index (χ2v) is 8.22. The zero-order valence-electron chi connectivity index (χ0n) is 18.8. The Bertz CT molecular complexity index is 1290. The molecule has 1 aliphatic rings. The number of nitrogens with zero attached hydrogens (tertiary/aromatic N) is 1. The number of methoxy groups -OCH3 is 1. The summed E-state index contributed by atoms with van der Waals surface area (Å²) in [6.07, 6.45) is 0. The molecule has 33 heavy (non-hydrogen) atoms. The number of aliphatic hydroxyl groups excluding tert-OH is 1. The van der Waals surface area contributed by atoms with Crippen LogP contribution >= 0.6 is 0 Å². The van der Waals surface area contributed by atoms with Crippen LogP contribution in [0.15, 0.2) is 66.2 Å². The molecule has 3 aromatic rings. The van der Waals surface area contributed by atoms with E-state index in [1.807, 2.05) is 32.0 Å². The molecule has 1 amide bonds. The average Bonchev–Trinajstić information content (AvgIpc) is 3.05. The van der Waals surface area contributed by atoms with Crippen LogP contribution in [0.1, 0.15) is 33.9 Å². The Morgan fingerprint density at radius 3 is 2.27 bits per heavy atom. The van der Waals surface area contributed by atoms with Gasteiger partial charge in [0.25, 0.3) is 11.7 Å². The smallest absolute Gasteiger partial charge is 0.300 e. The summed E-state index contributed by atoms with van der Waals surface area (Å²) in [4.78, 5) is 28.0. The van der Waals surface area contributed by atoms with Crippen LogP contribution in [0.2, 0.25) is 0 Å². The first-order valence-corrected chi connectivity index (χ1v) is 10.5. The number of hydrogen-bond donors (Lipinski definition) is 1. The molecule has 4 rings (SSSR count). The highest BCUT2D eigenvalue weighted by molar-refractivity contribution is 6.51. The molecule has 0 saturated carbocycles. The third-order valence-electron chi connectivity index (χ3n) is 5.79. The molecule has 3 aromatic carbocycles. The van der Waals surface area contributed by atoms with E-state index < -0.39 is 23.5 Å². The van der Waals surface area contributed by atoms with Crippen LogP contribution in [-0.4, -0.2) is 23.9 Å². The fraction of sp³-hybridized carbons (Fsp3) is 0.185. The van der Waals surface area contributed by atoms with Gasteiger partial charge >= 0.3 is 0 Å². The summed E-state index contributed by atoms with van der Waals surface area (Å²) in [7, 11) is 1.51. The topological polar surface area (TPSA) is 66.8 Å². The van der Waals surface area contributed by atoms with Gasteiger partial charge in [-0.1, -0.05) is 24.3 Å². The minimum atomic E-state index is -0.923. The number of halogens is 1. The largest absolute Gasteiger partial charge is 0.507 e. The van der Waals surface area contributed by atoms with Crippen LogP contribution in [0.5, 0.6) is 5.75 Å². The number of benzene rings is 3. The maximum atomic E-state index is 13.8. The predicted molar refractivity (Wildman–Crippen MR) is 125 cm³/mol. The zero-order valence-corrected chi connectivity index (χ0v) is 18.8. The summed E-state index contributed by atoms with van der Waals surface area (Å²) < 4.78 is 19.4. The van der Waals surface area contributed by atoms with Crippen molar-refractivity contribution in [3.63, 3.8) is 0 Å². The molecule has 0 bridgehead atoms. The van der Waals surface area contributed by atoms with Gasteiger partial charge in [0.1, 0.15) is 17.3 Å². The van der Waals surface area contributed by atoms with Gasteiger partial charge in [0, 0.05) is 16.8 Å². The first kappa shape index (κ1) is 22.3. The Labute approximate surface area is 191 Å². The lowest BCUT2D eigenvalue weighted by atomic mass is 9.94. The number of hydrogen-bond acceptors (Lipinski definition) is 4. The molecule has 5 nitrogen and oxygen atoms in total. The van der Waals surface area contributed by atoms with Crippen LogP contribution in [0, 0.1) is 26.6 Å². The molecule has 1 aliphatic heterocycles. The molecular formula is C27H24FNO4. The standard InChI is InChI=1S/C27H24FNO4/c1-15-11-16(2)13-19(12-15)29-24(20-7-5-6-8-22(20)33-4)23(26(31)27(29)32)25(30)18-9-10-21(28)17(3)14-18/h5-14,24,30H,1-4H3/b25-23+. The molecule has 1 N–H and O–H groups in total. The van der Waals surface area contributed by atoms with Crippen LogP contribution < -0.4 is 9.64 Å². The van der Waals surface area contributed by atoms with Crippen molar-refractivity contribution in [3.8, 4) is 5.75 Å². The van der Waals surface area contributed by atoms with E-state index in [-0.39, 0.29) is 16.9 Å². The lowest BCUT2D eigenvalue weighted by molar-refractivity contribution is -0.132. The molecule has 0 radical (unpaired) electrons. The Morgan fingerprint density at radius 1 is 0.970 bits per heavy atom. The molecule has 1 saturated heterocycles. The molecule has 0 aromatic heterocycles. The number of carbonyl (C=O) groups is 2. The summed E-state index contributed by atoms with van der Waals surface area (Å²) >= 11 is 0. The van der Waals surface area contributed by atoms with Crippen LogP contribution in [0.4, 0.5) is 10.1 Å². The quantitative estimate of drug-likeness (QED) is 0.332. The number of aliphatic hydroxyl groups is 1. The van der Waals surface area contributed by atoms with Gasteiger partial charge in [-0.15, -0.1) is 0 Å². The molecule has 0 aliphatic carbocycles. The van der Waals surface area contributed by atoms with E-state index in [1.54, 1.807) is 31.2 Å². The van der Waals surface area contributed by atoms with E-state index in [2.05, 4.69) is 0 Å². The molecule has 1 fully saturated rings. The molecule has 168 valence electrons. The normalized spacial score (nSPS) is 17.5. The fourth-order valence-electron chi connectivity index (χ4n) is 4.32. The van der Waals surface area contributed by atoms with Gasteiger partial charge in [0.05, 0.1) is 18.7 Å². The van der Waals surface area contributed by atoms with Gasteiger partial charge < -0.3 is 9.84 Å². The molecular weight excluding hydrogens is 421 g/mol. The van der Waals surface area contributed by atoms with Crippen molar-refractivity contribution in [2.24, 2.45) is 0 Å². The number of anilines is 1. The minimum Gasteiger partial charge on any atom is -0.507 e. The Hall–Kier alpha value is -3.93. The lowest BCUT2D eigenvalue weighted by Crippen LogP contribution is -2.29. The van der Waals surface area contributed by atoms with E-state index in [1.165, 1.54) is 30.2 Å². The van der Waals surface area contributed by atoms with Crippen LogP contribution in [-0.2, 0) is 9.59 Å². The van der Waals surface area contributed by atoms with Crippen molar-refractivity contribution < 1.29 is 23.8 Å². The number of rotatable bonds is 4. The second kappa shape index (κ2) is 8.54. The summed E-state index contributed by atoms with van der Waals surface area (Å²) in [6, 6.07) is 15.8. The van der Waals surface area contributed by atoms with E-state index in [0.29, 0.717) is 22.6 Å². The summed E-state index contributed by atoms with van der Waals surface area (Å²) in [5.41, 5.74) is 3.46. The third kappa shape index (κ3) is 3.89. The van der Waals surface area contributed by atoms with Crippen molar-refractivity contribution in [1.29, 1.82) is 0 Å². The first-order valence-electron chi connectivity index (χ1n) is 10.5. The van der Waals surface area contributed by atoms with Crippen molar-refractivity contribution in [3.05, 3.63) is 99.9 Å². The highest BCUT2D eigenvalue weighted by Crippen LogP contribution is 2.45. The average molecular weight is 445 g/mol. The van der Waals surface area contributed by atoms with Gasteiger partial charge in [-0.2, -0.15) is 0 Å². The van der Waals surface area contributed by atoms with Crippen molar-refractivity contribution in [1.82, 2.24) is 0 Å². The zero-order chi connectivity index (χ0) is 23.9. The number of para-hydroxylation sites is 1. The van der Waals surface area contributed by atoms with Gasteiger partial charge in [-0.25, -0.2) is 4.39 Å². The van der Waals surface area contributed by atoms with E-state index in [0.717, 1.165) is 11.1 Å². The first-order chi connectivity index (χ1) is 15.7. The molecule has 6 heteroatoms. The molecule has 1 unspecified atom stereocenters. The Kier molecular flexibility index (Phi) is 5.77. The predicted octanol–water partition coefficient (Wildman–Crippen LogP) is 5.39. The van der Waals surface area contributed by atoms with Crippen molar-refractivity contribution in [2.75, 3.05) is 12.0 Å². The third-order valence-corrected chi connectivity index (χ3v) is 5.79. The van der Waals surface area contributed by atoms with Crippen LogP contribution in [0.3, 0.4) is 0 Å². The fourth-order valence-corrected chi connectivity index (χ4v) is 4.32. The van der Waals surface area contributed by atoms with E-state index >= 15 is 0 Å². The van der Waals surface area contributed by atoms with E-state index in [9.17, 15) is 19.1 Å². The van der Waals surface area contributed by atoms with Crippen molar-refractivity contribution >= 4 is 23.1 Å². The molecule has 1 heterocycles. The number of carbonyl (C=O) groups excluding carboxylic acids is 2. The van der Waals surface area contributed by atoms with Gasteiger partial charge in [-0.3, -0.25) is 14.5 Å². The van der Waals surface area contributed by atoms with Crippen molar-refractivity contribution in [2.45, 2.75) is 26.8 Å². The SMILES string of the molecule is COc1ccccc1C1/C(=C(\O)c2ccc(F)c(C)c2)C(=O)C(=O)N1c1cc(C)cc(C)c1. The monoisotopic (exact) mass is 445 g/mol. The van der Waals surface area contributed by atoms with Gasteiger partial charge in [0.2, 0.25) is 0 Å². The number of amides is 1. The van der Waals surface area contributed by atoms with Crippen LogP contribution in [0.25, 0.3) is 5.76 Å². The molecule has 0 spiro atoms. The van der Waals surface area contributed by atoms with Gasteiger partial charge in [0.15, 0.2) is 0 Å². The Balaban J connectivity index is 2.01. The minimum absolute atomic E-state index is 0.0744. The number of ketones is 1. The Morgan fingerprint density at radius 2 is 1.64 bits per heavy atom.